The van der Waals surface area contributed by atoms with Crippen LogP contribution in [0.5, 0.6) is 0 Å². The third-order valence-electron chi connectivity index (χ3n) is 1.83. The van der Waals surface area contributed by atoms with Gasteiger partial charge in [-0.15, -0.1) is 0 Å². The maximum atomic E-state index is 5.60. The predicted molar refractivity (Wildman–Crippen MR) is 45.2 cm³/mol. The van der Waals surface area contributed by atoms with Crippen molar-refractivity contribution in [1.82, 2.24) is 5.32 Å². The molecule has 0 aliphatic carbocycles. The number of hydrogen-bond donors (Lipinski definition) is 1. The lowest BCUT2D eigenvalue weighted by molar-refractivity contribution is -0.00641. The third-order valence-corrected chi connectivity index (χ3v) is 2.04. The molecule has 1 aliphatic heterocycles. The summed E-state index contributed by atoms with van der Waals surface area (Å²) in [5.74, 6) is 0.868. The molecule has 12 heavy (non-hydrogen) atoms. The van der Waals surface area contributed by atoms with Gasteiger partial charge in [0.05, 0.1) is 25.8 Å². The van der Waals surface area contributed by atoms with Gasteiger partial charge in [0.1, 0.15) is 5.76 Å². The van der Waals surface area contributed by atoms with Crippen LogP contribution in [0.2, 0.25) is 5.22 Å². The summed E-state index contributed by atoms with van der Waals surface area (Å²) in [5.41, 5.74) is 0. The molecule has 0 aromatic carbocycles. The monoisotopic (exact) mass is 187 g/mol. The minimum Gasteiger partial charge on any atom is -0.448 e. The molecule has 0 spiro atoms. The molecule has 0 radical (unpaired) electrons. The highest BCUT2D eigenvalue weighted by molar-refractivity contribution is 6.28. The summed E-state index contributed by atoms with van der Waals surface area (Å²) in [5, 5.41) is 3.71. The van der Waals surface area contributed by atoms with Crippen LogP contribution < -0.4 is 5.32 Å². The van der Waals surface area contributed by atoms with E-state index in [-0.39, 0.29) is 0 Å². The summed E-state index contributed by atoms with van der Waals surface area (Å²) >= 11 is 5.60. The SMILES string of the molecule is Clc1ccc(CNC2COC2)o1. The van der Waals surface area contributed by atoms with Gasteiger partial charge in [0.15, 0.2) is 5.22 Å². The fourth-order valence-electron chi connectivity index (χ4n) is 1.05. The maximum Gasteiger partial charge on any atom is 0.193 e. The molecule has 1 aromatic heterocycles. The quantitative estimate of drug-likeness (QED) is 0.778. The van der Waals surface area contributed by atoms with Crippen molar-refractivity contribution in [1.29, 1.82) is 0 Å². The van der Waals surface area contributed by atoms with Crippen molar-refractivity contribution in [3.05, 3.63) is 23.1 Å². The number of halogens is 1. The molecular formula is C8H10ClNO2. The standard InChI is InChI=1S/C8H10ClNO2/c9-8-2-1-7(12-8)3-10-6-4-11-5-6/h1-2,6,10H,3-5H2. The maximum absolute atomic E-state index is 5.60. The van der Waals surface area contributed by atoms with E-state index in [0.29, 0.717) is 11.3 Å². The van der Waals surface area contributed by atoms with Gasteiger partial charge in [-0.05, 0) is 23.7 Å². The van der Waals surface area contributed by atoms with E-state index in [2.05, 4.69) is 5.32 Å². The Bertz CT molecular complexity index is 257. The van der Waals surface area contributed by atoms with Crippen LogP contribution >= 0.6 is 11.6 Å². The third kappa shape index (κ3) is 1.80. The van der Waals surface area contributed by atoms with E-state index < -0.39 is 0 Å². The zero-order chi connectivity index (χ0) is 8.39. The van der Waals surface area contributed by atoms with Gasteiger partial charge in [-0.3, -0.25) is 0 Å². The lowest BCUT2D eigenvalue weighted by atomic mass is 10.2. The van der Waals surface area contributed by atoms with Crippen LogP contribution in [-0.2, 0) is 11.3 Å². The minimum atomic E-state index is 0.441. The molecule has 4 heteroatoms. The Balaban J connectivity index is 1.79. The fraction of sp³-hybridized carbons (Fsp3) is 0.500. The Morgan fingerprint density at radius 1 is 1.50 bits per heavy atom. The van der Waals surface area contributed by atoms with Crippen LogP contribution in [0.3, 0.4) is 0 Å². The highest BCUT2D eigenvalue weighted by atomic mass is 35.5. The van der Waals surface area contributed by atoms with Crippen molar-refractivity contribution in [2.75, 3.05) is 13.2 Å². The molecule has 3 nitrogen and oxygen atoms in total. The zero-order valence-corrected chi connectivity index (χ0v) is 7.30. The Kier molecular flexibility index (Phi) is 2.35. The number of ether oxygens (including phenoxy) is 1. The lowest BCUT2D eigenvalue weighted by Gasteiger charge is -2.26. The van der Waals surface area contributed by atoms with Crippen molar-refractivity contribution >= 4 is 11.6 Å². The summed E-state index contributed by atoms with van der Waals surface area (Å²) in [6.45, 7) is 2.32. The Morgan fingerprint density at radius 3 is 2.83 bits per heavy atom. The number of rotatable bonds is 3. The van der Waals surface area contributed by atoms with Gasteiger partial charge in [0, 0.05) is 0 Å². The Hall–Kier alpha value is -0.510. The Labute approximate surface area is 75.6 Å². The van der Waals surface area contributed by atoms with E-state index >= 15 is 0 Å². The Morgan fingerprint density at radius 2 is 2.33 bits per heavy atom. The molecule has 0 saturated carbocycles. The van der Waals surface area contributed by atoms with E-state index in [9.17, 15) is 0 Å². The van der Waals surface area contributed by atoms with Crippen molar-refractivity contribution in [3.63, 3.8) is 0 Å². The molecule has 0 amide bonds. The topological polar surface area (TPSA) is 34.4 Å². The normalized spacial score (nSPS) is 17.8. The zero-order valence-electron chi connectivity index (χ0n) is 6.55. The van der Waals surface area contributed by atoms with Crippen LogP contribution in [0.1, 0.15) is 5.76 Å². The van der Waals surface area contributed by atoms with Crippen LogP contribution in [-0.4, -0.2) is 19.3 Å². The van der Waals surface area contributed by atoms with Gasteiger partial charge in [0.25, 0.3) is 0 Å². The molecule has 0 bridgehead atoms. The summed E-state index contributed by atoms with van der Waals surface area (Å²) in [4.78, 5) is 0. The van der Waals surface area contributed by atoms with Gasteiger partial charge in [0.2, 0.25) is 0 Å². The molecule has 0 unspecified atom stereocenters. The number of nitrogens with one attached hydrogen (secondary N) is 1. The van der Waals surface area contributed by atoms with Crippen molar-refractivity contribution in [2.45, 2.75) is 12.6 Å². The van der Waals surface area contributed by atoms with Gasteiger partial charge < -0.3 is 14.5 Å². The first-order chi connectivity index (χ1) is 5.84. The summed E-state index contributed by atoms with van der Waals surface area (Å²) in [7, 11) is 0. The molecule has 1 aliphatic rings. The largest absolute Gasteiger partial charge is 0.448 e. The molecular weight excluding hydrogens is 178 g/mol. The van der Waals surface area contributed by atoms with Crippen LogP contribution in [0.4, 0.5) is 0 Å². The van der Waals surface area contributed by atoms with Gasteiger partial charge in [-0.25, -0.2) is 0 Å². The lowest BCUT2D eigenvalue weighted by Crippen LogP contribution is -2.45. The van der Waals surface area contributed by atoms with E-state index in [1.165, 1.54) is 0 Å². The van der Waals surface area contributed by atoms with Crippen LogP contribution in [0.15, 0.2) is 16.5 Å². The molecule has 66 valence electrons. The average molecular weight is 188 g/mol. The first kappa shape index (κ1) is 8.10. The van der Waals surface area contributed by atoms with Gasteiger partial charge >= 0.3 is 0 Å². The van der Waals surface area contributed by atoms with E-state index in [1.807, 2.05) is 6.07 Å². The predicted octanol–water partition coefficient (Wildman–Crippen LogP) is 1.42. The molecule has 1 N–H and O–H groups in total. The van der Waals surface area contributed by atoms with E-state index in [4.69, 9.17) is 20.8 Å². The number of furan rings is 1. The molecule has 1 fully saturated rings. The van der Waals surface area contributed by atoms with E-state index in [0.717, 1.165) is 25.5 Å². The average Bonchev–Trinajstić information content (AvgIpc) is 2.32. The summed E-state index contributed by atoms with van der Waals surface area (Å²) < 4.78 is 10.2. The van der Waals surface area contributed by atoms with Gasteiger partial charge in [-0.2, -0.15) is 0 Å². The van der Waals surface area contributed by atoms with Crippen molar-refractivity contribution < 1.29 is 9.15 Å². The first-order valence-corrected chi connectivity index (χ1v) is 4.28. The second-order valence-corrected chi connectivity index (χ2v) is 3.19. The summed E-state index contributed by atoms with van der Waals surface area (Å²) in [6.07, 6.45) is 0. The number of hydrogen-bond acceptors (Lipinski definition) is 3. The minimum absolute atomic E-state index is 0.441. The molecule has 2 rings (SSSR count). The van der Waals surface area contributed by atoms with Crippen LogP contribution in [0.25, 0.3) is 0 Å². The molecule has 1 saturated heterocycles. The smallest absolute Gasteiger partial charge is 0.193 e. The van der Waals surface area contributed by atoms with Crippen LogP contribution in [0, 0.1) is 0 Å². The second-order valence-electron chi connectivity index (χ2n) is 2.82. The molecule has 0 atom stereocenters. The molecule has 2 heterocycles. The second kappa shape index (κ2) is 3.47. The van der Waals surface area contributed by atoms with Gasteiger partial charge in [-0.1, -0.05) is 0 Å². The highest BCUT2D eigenvalue weighted by Crippen LogP contribution is 2.13. The first-order valence-electron chi connectivity index (χ1n) is 3.90. The van der Waals surface area contributed by atoms with Crippen molar-refractivity contribution in [3.8, 4) is 0 Å². The highest BCUT2D eigenvalue weighted by Gasteiger charge is 2.17. The molecule has 1 aromatic rings. The fourth-order valence-corrected chi connectivity index (χ4v) is 1.21. The van der Waals surface area contributed by atoms with E-state index in [1.54, 1.807) is 6.07 Å². The van der Waals surface area contributed by atoms with Crippen molar-refractivity contribution in [2.24, 2.45) is 0 Å². The summed E-state index contributed by atoms with van der Waals surface area (Å²) in [6, 6.07) is 4.10.